The van der Waals surface area contributed by atoms with Crippen LogP contribution in [0.25, 0.3) is 44.6 Å². The number of amides is 3. The molecular weight excluding hydrogens is 1140 g/mol. The highest BCUT2D eigenvalue weighted by Gasteiger charge is 2.22. The molecule has 81 heavy (non-hydrogen) atoms. The van der Waals surface area contributed by atoms with Gasteiger partial charge in [-0.05, 0) is 95.6 Å². The second-order valence-corrected chi connectivity index (χ2v) is 17.9. The predicted octanol–water partition coefficient (Wildman–Crippen LogP) is 7.77. The quantitative estimate of drug-likeness (QED) is 0.0574. The van der Waals surface area contributed by atoms with Crippen molar-refractivity contribution in [3.8, 4) is 63.0 Å². The fourth-order valence-electron chi connectivity index (χ4n) is 6.73. The number of carboxylic acids is 2. The molecular formula is C49H28Cl3F2N19O7S. The SMILES string of the molecule is C#Cc1cc(NC(=O)c2ccc(-c3cn[nH]c3)nn2)c(-c2nn[nH]n2)cc1F.Cn1cc(C#N)c(-c2ccc(C(=O)Nc3cc(Cl)c(Cl)cc3C(=O)O)nn2)n1.O=C(Nc1cc(Cl)c(F)cc1C(=O)O)c1ccc(-c2ccns2)nn1. The van der Waals surface area contributed by atoms with E-state index >= 15 is 0 Å². The zero-order valence-corrected chi connectivity index (χ0v) is 43.5. The zero-order chi connectivity index (χ0) is 57.9. The molecule has 10 rings (SSSR count). The molecule has 0 saturated carbocycles. The number of rotatable bonds is 12. The van der Waals surface area contributed by atoms with Crippen LogP contribution < -0.4 is 16.0 Å². The minimum Gasteiger partial charge on any atom is -0.478 e. The number of hydrogen-bond acceptors (Lipinski definition) is 19. The Kier molecular flexibility index (Phi) is 17.5. The molecule has 402 valence electrons. The second-order valence-electron chi connectivity index (χ2n) is 15.8. The first kappa shape index (κ1) is 56.4. The summed E-state index contributed by atoms with van der Waals surface area (Å²) < 4.78 is 32.9. The maximum Gasteiger partial charge on any atom is 0.337 e. The monoisotopic (exact) mass is 1170 g/mol. The second kappa shape index (κ2) is 25.1. The molecule has 3 aromatic carbocycles. The Hall–Kier alpha value is -10.9. The lowest BCUT2D eigenvalue weighted by Crippen LogP contribution is -2.17. The van der Waals surface area contributed by atoms with Crippen LogP contribution in [-0.4, -0.2) is 115 Å². The number of terminal acetylenes is 1. The number of nitrogens with zero attached hydrogens (tertiary/aromatic N) is 14. The zero-order valence-electron chi connectivity index (χ0n) is 40.4. The van der Waals surface area contributed by atoms with Gasteiger partial charge in [0.15, 0.2) is 17.1 Å². The number of carbonyl (C=O) groups excluding carboxylic acids is 3. The molecule has 0 unspecified atom stereocenters. The molecule has 0 bridgehead atoms. The van der Waals surface area contributed by atoms with Crippen molar-refractivity contribution in [1.29, 1.82) is 5.26 Å². The molecule has 10 aromatic rings. The van der Waals surface area contributed by atoms with Crippen LogP contribution in [0, 0.1) is 35.3 Å². The molecule has 32 heteroatoms. The van der Waals surface area contributed by atoms with E-state index in [9.17, 15) is 37.9 Å². The number of nitriles is 1. The van der Waals surface area contributed by atoms with E-state index in [2.05, 4.69) is 92.8 Å². The van der Waals surface area contributed by atoms with Crippen LogP contribution in [0.3, 0.4) is 0 Å². The van der Waals surface area contributed by atoms with E-state index in [1.165, 1.54) is 58.8 Å². The van der Waals surface area contributed by atoms with E-state index in [-0.39, 0.29) is 71.7 Å². The summed E-state index contributed by atoms with van der Waals surface area (Å²) in [5.41, 5.74) is 2.32. The topological polar surface area (TPSA) is 377 Å². The van der Waals surface area contributed by atoms with Crippen molar-refractivity contribution < 1.29 is 43.0 Å². The number of H-pyrrole nitrogens is 2. The normalized spacial score (nSPS) is 10.4. The highest BCUT2D eigenvalue weighted by atomic mass is 35.5. The maximum absolute atomic E-state index is 14.1. The summed E-state index contributed by atoms with van der Waals surface area (Å²) in [4.78, 5) is 60.5. The summed E-state index contributed by atoms with van der Waals surface area (Å²) in [7, 11) is 1.66. The van der Waals surface area contributed by atoms with Crippen LogP contribution in [0.4, 0.5) is 25.8 Å². The van der Waals surface area contributed by atoms with Gasteiger partial charge >= 0.3 is 11.9 Å². The van der Waals surface area contributed by atoms with Gasteiger partial charge in [0.2, 0.25) is 5.82 Å². The number of aromatic nitrogens is 15. The van der Waals surface area contributed by atoms with Crippen molar-refractivity contribution in [3.63, 3.8) is 0 Å². The lowest BCUT2D eigenvalue weighted by Gasteiger charge is -2.10. The highest BCUT2D eigenvalue weighted by Crippen LogP contribution is 2.31. The molecule has 0 spiro atoms. The van der Waals surface area contributed by atoms with Gasteiger partial charge < -0.3 is 26.2 Å². The number of benzene rings is 3. The number of aromatic amines is 2. The Labute approximate surface area is 470 Å². The number of aryl methyl sites for hydroxylation is 1. The third-order valence-corrected chi connectivity index (χ3v) is 12.3. The molecule has 0 fully saturated rings. The number of halogens is 5. The van der Waals surface area contributed by atoms with Gasteiger partial charge in [-0.1, -0.05) is 40.7 Å². The van der Waals surface area contributed by atoms with Crippen molar-refractivity contribution in [2.24, 2.45) is 7.05 Å². The fraction of sp³-hybridized carbons (Fsp3) is 0.0204. The minimum absolute atomic E-state index is 0.0241. The van der Waals surface area contributed by atoms with E-state index in [1.54, 1.807) is 43.8 Å². The van der Waals surface area contributed by atoms with Crippen LogP contribution in [-0.2, 0) is 7.05 Å². The van der Waals surface area contributed by atoms with Gasteiger partial charge in [-0.15, -0.1) is 47.2 Å². The van der Waals surface area contributed by atoms with Crippen LogP contribution in [0.5, 0.6) is 0 Å². The summed E-state index contributed by atoms with van der Waals surface area (Å²) >= 11 is 18.6. The van der Waals surface area contributed by atoms with Gasteiger partial charge in [-0.25, -0.2) is 22.7 Å². The number of hydrogen-bond donors (Lipinski definition) is 7. The molecule has 7 heterocycles. The van der Waals surface area contributed by atoms with E-state index in [4.69, 9.17) is 51.6 Å². The van der Waals surface area contributed by atoms with E-state index in [0.29, 0.717) is 28.3 Å². The summed E-state index contributed by atoms with van der Waals surface area (Å²) in [5, 5.41) is 82.1. The Morgan fingerprint density at radius 1 is 0.691 bits per heavy atom. The average Bonchev–Trinajstić information content (AvgIpc) is 4.37. The van der Waals surface area contributed by atoms with E-state index < -0.39 is 46.9 Å². The Balaban J connectivity index is 0.000000160. The van der Waals surface area contributed by atoms with Gasteiger partial charge in [-0.3, -0.25) is 24.2 Å². The van der Waals surface area contributed by atoms with Crippen molar-refractivity contribution in [2.45, 2.75) is 0 Å². The molecule has 0 saturated heterocycles. The lowest BCUT2D eigenvalue weighted by atomic mass is 10.1. The number of carboxylic acid groups (broad SMARTS) is 2. The molecule has 0 aliphatic carbocycles. The van der Waals surface area contributed by atoms with Crippen LogP contribution in [0.15, 0.2) is 104 Å². The highest BCUT2D eigenvalue weighted by molar-refractivity contribution is 7.09. The first-order valence-corrected chi connectivity index (χ1v) is 24.1. The number of aromatic carboxylic acids is 2. The summed E-state index contributed by atoms with van der Waals surface area (Å²) in [6, 6.07) is 19.4. The first-order chi connectivity index (χ1) is 38.9. The van der Waals surface area contributed by atoms with Crippen molar-refractivity contribution >= 4 is 93.1 Å². The first-order valence-electron chi connectivity index (χ1n) is 22.2. The van der Waals surface area contributed by atoms with E-state index in [1.807, 2.05) is 6.07 Å². The standard InChI is InChI=1S/C17H10Cl2N6O3.C17H10FN9O.C15H8ClFN4O3S/c1-25-7-8(6-20)15(24-25)12-2-3-13(23-22-12)16(26)21-14-5-11(19)10(18)4-9(14)17(27)28;1-2-9-5-15(11(6-12(9)18)16-24-26-27-25-16)21-17(28)14-4-3-13(22-23-14)10-7-19-20-8-10;16-8-6-12(7(15(23)24)5-9(8)17)19-14(22)11-2-1-10(20-21-11)13-3-4-18-25-13/h2-5,7H,1H3,(H,21,26)(H,27,28);1,3-8H,(H,19,20)(H,21,28)(H,24,25,26,27);1-6H,(H,19,22)(H,23,24). The summed E-state index contributed by atoms with van der Waals surface area (Å²) in [6.45, 7) is 0. The molecule has 3 amide bonds. The Morgan fingerprint density at radius 3 is 1.79 bits per heavy atom. The van der Waals surface area contributed by atoms with Crippen molar-refractivity contribution in [2.75, 3.05) is 16.0 Å². The number of carbonyl (C=O) groups is 5. The molecule has 0 aliphatic rings. The van der Waals surface area contributed by atoms with Gasteiger partial charge in [0.25, 0.3) is 17.7 Å². The van der Waals surface area contributed by atoms with Crippen LogP contribution in [0.1, 0.15) is 63.3 Å². The molecule has 0 atom stereocenters. The summed E-state index contributed by atoms with van der Waals surface area (Å²) in [6.07, 6.45) is 11.7. The summed E-state index contributed by atoms with van der Waals surface area (Å²) in [5.74, 6) is -3.88. The smallest absolute Gasteiger partial charge is 0.337 e. The van der Waals surface area contributed by atoms with Gasteiger partial charge in [0.1, 0.15) is 34.8 Å². The number of nitrogens with one attached hydrogen (secondary N) is 5. The molecule has 7 aromatic heterocycles. The van der Waals surface area contributed by atoms with Crippen LogP contribution in [0.2, 0.25) is 15.1 Å². The van der Waals surface area contributed by atoms with Crippen molar-refractivity contribution in [1.82, 2.24) is 75.6 Å². The molecule has 0 aliphatic heterocycles. The average molecular weight is 1170 g/mol. The fourth-order valence-corrected chi connectivity index (χ4v) is 7.78. The molecule has 0 radical (unpaired) electrons. The minimum atomic E-state index is -1.41. The molecule has 7 N–H and O–H groups in total. The lowest BCUT2D eigenvalue weighted by molar-refractivity contribution is 0.0686. The maximum atomic E-state index is 14.1. The van der Waals surface area contributed by atoms with Crippen molar-refractivity contribution in [3.05, 3.63) is 170 Å². The van der Waals surface area contributed by atoms with Gasteiger partial charge in [0, 0.05) is 36.8 Å². The number of tetrazole rings is 1. The molecule has 26 nitrogen and oxygen atoms in total. The third-order valence-electron chi connectivity index (χ3n) is 10.5. The Morgan fingerprint density at radius 2 is 1.27 bits per heavy atom. The third kappa shape index (κ3) is 13.5. The van der Waals surface area contributed by atoms with Crippen LogP contribution >= 0.6 is 46.3 Å². The van der Waals surface area contributed by atoms with E-state index in [0.717, 1.165) is 34.7 Å². The Bertz CT molecular complexity index is 4090. The predicted molar refractivity (Wildman–Crippen MR) is 285 cm³/mol. The van der Waals surface area contributed by atoms with Gasteiger partial charge in [0.05, 0.1) is 71.2 Å². The van der Waals surface area contributed by atoms with Gasteiger partial charge in [-0.2, -0.15) is 20.7 Å². The number of anilines is 3. The largest absolute Gasteiger partial charge is 0.478 e.